The summed E-state index contributed by atoms with van der Waals surface area (Å²) in [6.07, 6.45) is 1.38. The van der Waals surface area contributed by atoms with Crippen molar-refractivity contribution in [3.8, 4) is 5.75 Å². The van der Waals surface area contributed by atoms with E-state index in [4.69, 9.17) is 16.3 Å². The van der Waals surface area contributed by atoms with Crippen LogP contribution >= 0.6 is 11.6 Å². The van der Waals surface area contributed by atoms with Gasteiger partial charge in [-0.15, -0.1) is 0 Å². The van der Waals surface area contributed by atoms with Gasteiger partial charge in [-0.05, 0) is 18.2 Å². The molecule has 1 aromatic carbocycles. The summed E-state index contributed by atoms with van der Waals surface area (Å²) in [6, 6.07) is 4.82. The molecule has 18 heavy (non-hydrogen) atoms. The van der Waals surface area contributed by atoms with Gasteiger partial charge in [0.2, 0.25) is 0 Å². The van der Waals surface area contributed by atoms with Crippen LogP contribution < -0.4 is 10.1 Å². The molecule has 1 amide bonds. The number of hydrogen-bond acceptors (Lipinski definition) is 4. The van der Waals surface area contributed by atoms with E-state index in [1.807, 2.05) is 0 Å². The molecule has 2 N–H and O–H groups in total. The molecule has 2 aromatic rings. The molecule has 0 saturated heterocycles. The number of nitrogens with zero attached hydrogens (tertiary/aromatic N) is 2. The number of ether oxygens (including phenoxy) is 1. The molecular weight excluding hydrogens is 256 g/mol. The SMILES string of the molecule is COc1cc(C(=O)NCc2ncn[nH]2)ccc1Cl. The Balaban J connectivity index is 2.04. The first-order valence-corrected chi connectivity index (χ1v) is 5.54. The minimum atomic E-state index is -0.235. The third-order valence-corrected chi connectivity index (χ3v) is 2.61. The van der Waals surface area contributed by atoms with Gasteiger partial charge in [-0.25, -0.2) is 4.98 Å². The number of methoxy groups -OCH3 is 1. The first-order chi connectivity index (χ1) is 8.70. The van der Waals surface area contributed by atoms with Gasteiger partial charge in [-0.3, -0.25) is 9.89 Å². The third kappa shape index (κ3) is 2.78. The third-order valence-electron chi connectivity index (χ3n) is 2.29. The number of rotatable bonds is 4. The van der Waals surface area contributed by atoms with Crippen molar-refractivity contribution in [3.63, 3.8) is 0 Å². The summed E-state index contributed by atoms with van der Waals surface area (Å²) in [5, 5.41) is 9.50. The average molecular weight is 267 g/mol. The second-order valence-corrected chi connectivity index (χ2v) is 3.87. The van der Waals surface area contributed by atoms with E-state index in [0.717, 1.165) is 0 Å². The molecule has 0 saturated carbocycles. The van der Waals surface area contributed by atoms with Gasteiger partial charge >= 0.3 is 0 Å². The van der Waals surface area contributed by atoms with Gasteiger partial charge in [0.25, 0.3) is 5.91 Å². The van der Waals surface area contributed by atoms with Crippen LogP contribution in [0.2, 0.25) is 5.02 Å². The van der Waals surface area contributed by atoms with E-state index in [1.54, 1.807) is 18.2 Å². The molecule has 0 aliphatic heterocycles. The topological polar surface area (TPSA) is 79.9 Å². The lowest BCUT2D eigenvalue weighted by Crippen LogP contribution is -2.23. The highest BCUT2D eigenvalue weighted by Crippen LogP contribution is 2.24. The number of H-pyrrole nitrogens is 1. The van der Waals surface area contributed by atoms with Crippen molar-refractivity contribution in [3.05, 3.63) is 40.9 Å². The number of hydrogen-bond donors (Lipinski definition) is 2. The second-order valence-electron chi connectivity index (χ2n) is 3.46. The molecule has 0 spiro atoms. The average Bonchev–Trinajstić information content (AvgIpc) is 2.89. The molecule has 0 fully saturated rings. The van der Waals surface area contributed by atoms with Crippen LogP contribution in [0.1, 0.15) is 16.2 Å². The summed E-state index contributed by atoms with van der Waals surface area (Å²) in [5.41, 5.74) is 0.468. The van der Waals surface area contributed by atoms with Crippen LogP contribution in [-0.2, 0) is 6.54 Å². The first kappa shape index (κ1) is 12.4. The molecule has 0 aliphatic rings. The highest BCUT2D eigenvalue weighted by molar-refractivity contribution is 6.32. The van der Waals surface area contributed by atoms with Crippen LogP contribution in [0.5, 0.6) is 5.75 Å². The van der Waals surface area contributed by atoms with Crippen LogP contribution in [0.25, 0.3) is 0 Å². The van der Waals surface area contributed by atoms with E-state index >= 15 is 0 Å². The fourth-order valence-corrected chi connectivity index (χ4v) is 1.58. The Morgan fingerprint density at radius 2 is 2.39 bits per heavy atom. The number of carbonyl (C=O) groups excluding carboxylic acids is 1. The first-order valence-electron chi connectivity index (χ1n) is 5.16. The van der Waals surface area contributed by atoms with Crippen LogP contribution in [-0.4, -0.2) is 28.2 Å². The Bertz CT molecular complexity index is 542. The van der Waals surface area contributed by atoms with Gasteiger partial charge < -0.3 is 10.1 Å². The standard InChI is InChI=1S/C11H11ClN4O2/c1-18-9-4-7(2-3-8(9)12)11(17)13-5-10-14-6-15-16-10/h2-4,6H,5H2,1H3,(H,13,17)(H,14,15,16). The molecular formula is C11H11ClN4O2. The number of halogens is 1. The normalized spacial score (nSPS) is 10.1. The van der Waals surface area contributed by atoms with Crippen molar-refractivity contribution in [2.75, 3.05) is 7.11 Å². The van der Waals surface area contributed by atoms with Crippen LogP contribution in [0, 0.1) is 0 Å². The number of carbonyl (C=O) groups is 1. The Morgan fingerprint density at radius 3 is 3.06 bits per heavy atom. The van der Waals surface area contributed by atoms with E-state index < -0.39 is 0 Å². The zero-order valence-electron chi connectivity index (χ0n) is 9.61. The summed E-state index contributed by atoms with van der Waals surface area (Å²) in [5.74, 6) is 0.814. The second kappa shape index (κ2) is 5.50. The van der Waals surface area contributed by atoms with E-state index in [-0.39, 0.29) is 12.5 Å². The number of aromatic amines is 1. The largest absolute Gasteiger partial charge is 0.495 e. The van der Waals surface area contributed by atoms with Crippen LogP contribution in [0.3, 0.4) is 0 Å². The molecule has 0 atom stereocenters. The van der Waals surface area contributed by atoms with Crippen molar-refractivity contribution < 1.29 is 9.53 Å². The number of benzene rings is 1. The maximum Gasteiger partial charge on any atom is 0.251 e. The quantitative estimate of drug-likeness (QED) is 0.877. The lowest BCUT2D eigenvalue weighted by atomic mass is 10.2. The van der Waals surface area contributed by atoms with Crippen molar-refractivity contribution >= 4 is 17.5 Å². The maximum atomic E-state index is 11.8. The zero-order chi connectivity index (χ0) is 13.0. The molecule has 0 unspecified atom stereocenters. The Hall–Kier alpha value is -2.08. The van der Waals surface area contributed by atoms with Gasteiger partial charge in [0.1, 0.15) is 17.9 Å². The summed E-state index contributed by atoms with van der Waals surface area (Å²) in [4.78, 5) is 15.8. The monoisotopic (exact) mass is 266 g/mol. The Morgan fingerprint density at radius 1 is 1.56 bits per heavy atom. The van der Waals surface area contributed by atoms with Gasteiger partial charge in [-0.2, -0.15) is 5.10 Å². The summed E-state index contributed by atoms with van der Waals surface area (Å²) in [7, 11) is 1.50. The molecule has 0 aliphatic carbocycles. The summed E-state index contributed by atoms with van der Waals surface area (Å²) < 4.78 is 5.05. The van der Waals surface area contributed by atoms with E-state index in [2.05, 4.69) is 20.5 Å². The molecule has 0 radical (unpaired) electrons. The number of nitrogens with one attached hydrogen (secondary N) is 2. The zero-order valence-corrected chi connectivity index (χ0v) is 10.4. The molecule has 6 nitrogen and oxygen atoms in total. The summed E-state index contributed by atoms with van der Waals surface area (Å²) >= 11 is 5.88. The minimum Gasteiger partial charge on any atom is -0.495 e. The van der Waals surface area contributed by atoms with Gasteiger partial charge in [0, 0.05) is 5.56 Å². The molecule has 2 rings (SSSR count). The number of aromatic nitrogens is 3. The van der Waals surface area contributed by atoms with E-state index in [0.29, 0.717) is 22.2 Å². The maximum absolute atomic E-state index is 11.8. The fraction of sp³-hybridized carbons (Fsp3) is 0.182. The smallest absolute Gasteiger partial charge is 0.251 e. The van der Waals surface area contributed by atoms with Crippen molar-refractivity contribution in [2.24, 2.45) is 0 Å². The molecule has 94 valence electrons. The van der Waals surface area contributed by atoms with Crippen molar-refractivity contribution in [2.45, 2.75) is 6.54 Å². The molecule has 1 aromatic heterocycles. The lowest BCUT2D eigenvalue weighted by Gasteiger charge is -2.06. The van der Waals surface area contributed by atoms with E-state index in [9.17, 15) is 4.79 Å². The molecule has 0 bridgehead atoms. The highest BCUT2D eigenvalue weighted by Gasteiger charge is 2.09. The van der Waals surface area contributed by atoms with Gasteiger partial charge in [-0.1, -0.05) is 11.6 Å². The van der Waals surface area contributed by atoms with Crippen LogP contribution in [0.4, 0.5) is 0 Å². The molecule has 7 heteroatoms. The summed E-state index contributed by atoms with van der Waals surface area (Å²) in [6.45, 7) is 0.282. The van der Waals surface area contributed by atoms with Gasteiger partial charge in [0.05, 0.1) is 18.7 Å². The number of amides is 1. The molecule has 1 heterocycles. The van der Waals surface area contributed by atoms with Gasteiger partial charge in [0.15, 0.2) is 0 Å². The minimum absolute atomic E-state index is 0.235. The van der Waals surface area contributed by atoms with Crippen LogP contribution in [0.15, 0.2) is 24.5 Å². The predicted octanol–water partition coefficient (Wildman–Crippen LogP) is 1.40. The Labute approximate surface area is 108 Å². The van der Waals surface area contributed by atoms with Crippen molar-refractivity contribution in [1.82, 2.24) is 20.5 Å². The highest BCUT2D eigenvalue weighted by atomic mass is 35.5. The van der Waals surface area contributed by atoms with Crippen molar-refractivity contribution in [1.29, 1.82) is 0 Å². The predicted molar refractivity (Wildman–Crippen MR) is 65.6 cm³/mol. The lowest BCUT2D eigenvalue weighted by molar-refractivity contribution is 0.0949. The van der Waals surface area contributed by atoms with E-state index in [1.165, 1.54) is 13.4 Å². The fourth-order valence-electron chi connectivity index (χ4n) is 1.38. The Kier molecular flexibility index (Phi) is 3.78.